The smallest absolute Gasteiger partial charge is 0.220 e. The lowest BCUT2D eigenvalue weighted by atomic mass is 9.71. The molecule has 0 spiro atoms. The normalized spacial score (nSPS) is 25.4. The molecule has 24 heavy (non-hydrogen) atoms. The van der Waals surface area contributed by atoms with Crippen molar-refractivity contribution < 1.29 is 13.2 Å². The van der Waals surface area contributed by atoms with Crippen LogP contribution >= 0.6 is 0 Å². The predicted molar refractivity (Wildman–Crippen MR) is 94.3 cm³/mol. The Hall–Kier alpha value is -1.30. The van der Waals surface area contributed by atoms with Crippen LogP contribution in [0.25, 0.3) is 0 Å². The van der Waals surface area contributed by atoms with Crippen LogP contribution in [0.1, 0.15) is 44.9 Å². The second kappa shape index (κ2) is 7.30. The average Bonchev–Trinajstić information content (AvgIpc) is 3.15. The van der Waals surface area contributed by atoms with Gasteiger partial charge in [0, 0.05) is 31.9 Å². The van der Waals surface area contributed by atoms with Crippen molar-refractivity contribution in [1.82, 2.24) is 9.88 Å². The molecule has 134 valence electrons. The van der Waals surface area contributed by atoms with E-state index in [0.29, 0.717) is 19.4 Å². The fraction of sp³-hybridized carbons (Fsp3) is 0.722. The van der Waals surface area contributed by atoms with E-state index < -0.39 is 9.84 Å². The van der Waals surface area contributed by atoms with Crippen molar-refractivity contribution in [1.29, 1.82) is 0 Å². The number of rotatable bonds is 6. The second-order valence-corrected chi connectivity index (χ2v) is 9.89. The van der Waals surface area contributed by atoms with Crippen molar-refractivity contribution in [3.8, 4) is 0 Å². The Labute approximate surface area is 144 Å². The highest BCUT2D eigenvalue weighted by molar-refractivity contribution is 7.91. The van der Waals surface area contributed by atoms with Gasteiger partial charge in [0.2, 0.25) is 5.91 Å². The van der Waals surface area contributed by atoms with E-state index in [2.05, 4.69) is 22.3 Å². The number of nitrogens with one attached hydrogen (secondary N) is 1. The quantitative estimate of drug-likeness (QED) is 0.855. The van der Waals surface area contributed by atoms with E-state index in [0.717, 1.165) is 19.4 Å². The molecule has 0 radical (unpaired) electrons. The number of aromatic nitrogens is 1. The molecule has 1 aromatic rings. The monoisotopic (exact) mass is 352 g/mol. The second-order valence-electron chi connectivity index (χ2n) is 7.67. The summed E-state index contributed by atoms with van der Waals surface area (Å²) in [5.41, 5.74) is 0.0447. The van der Waals surface area contributed by atoms with E-state index >= 15 is 0 Å². The first kappa shape index (κ1) is 17.5. The predicted octanol–water partition coefficient (Wildman–Crippen LogP) is 2.38. The lowest BCUT2D eigenvalue weighted by Gasteiger charge is -2.37. The molecule has 1 aromatic heterocycles. The van der Waals surface area contributed by atoms with Gasteiger partial charge in [-0.1, -0.05) is 19.3 Å². The molecule has 2 heterocycles. The van der Waals surface area contributed by atoms with Crippen molar-refractivity contribution in [3.05, 3.63) is 24.5 Å². The first-order valence-corrected chi connectivity index (χ1v) is 10.9. The highest BCUT2D eigenvalue weighted by Gasteiger charge is 2.35. The van der Waals surface area contributed by atoms with E-state index in [9.17, 15) is 13.2 Å². The lowest BCUT2D eigenvalue weighted by molar-refractivity contribution is -0.124. The molecule has 1 aliphatic heterocycles. The van der Waals surface area contributed by atoms with Crippen LogP contribution in [0.2, 0.25) is 0 Å². The van der Waals surface area contributed by atoms with Crippen LogP contribution in [0.4, 0.5) is 0 Å². The minimum absolute atomic E-state index is 0.0447. The number of carbonyl (C=O) groups excluding carboxylic acids is 1. The molecule has 2 aliphatic rings. The number of carbonyl (C=O) groups is 1. The summed E-state index contributed by atoms with van der Waals surface area (Å²) in [6.45, 7) is 1.39. The number of sulfone groups is 1. The van der Waals surface area contributed by atoms with Gasteiger partial charge in [0.15, 0.2) is 9.84 Å². The summed E-state index contributed by atoms with van der Waals surface area (Å²) in [7, 11) is -2.87. The number of amides is 1. The molecule has 3 rings (SSSR count). The Kier molecular flexibility index (Phi) is 5.33. The maximum Gasteiger partial charge on any atom is 0.220 e. The fourth-order valence-electron chi connectivity index (χ4n) is 4.25. The number of hydrogen-bond donors (Lipinski definition) is 1. The van der Waals surface area contributed by atoms with E-state index in [4.69, 9.17) is 0 Å². The van der Waals surface area contributed by atoms with E-state index in [1.54, 1.807) is 0 Å². The van der Waals surface area contributed by atoms with Gasteiger partial charge in [0.25, 0.3) is 0 Å². The van der Waals surface area contributed by atoms with Gasteiger partial charge < -0.3 is 9.88 Å². The van der Waals surface area contributed by atoms with Crippen LogP contribution in [-0.2, 0) is 21.2 Å². The number of hydrogen-bond acceptors (Lipinski definition) is 3. The van der Waals surface area contributed by atoms with E-state index in [1.807, 2.05) is 12.1 Å². The molecule has 0 aromatic carbocycles. The molecule has 5 nitrogen and oxygen atoms in total. The van der Waals surface area contributed by atoms with Crippen molar-refractivity contribution in [2.45, 2.75) is 51.5 Å². The zero-order chi connectivity index (χ0) is 17.0. The molecule has 6 heteroatoms. The SMILES string of the molecule is O=C(CC1(Cn2cccc2)CCCCC1)NC[C@H]1CCS(=O)(=O)C1. The van der Waals surface area contributed by atoms with Crippen LogP contribution in [0.3, 0.4) is 0 Å². The van der Waals surface area contributed by atoms with Crippen molar-refractivity contribution in [2.75, 3.05) is 18.1 Å². The summed E-state index contributed by atoms with van der Waals surface area (Å²) in [5.74, 6) is 0.659. The van der Waals surface area contributed by atoms with Gasteiger partial charge in [-0.25, -0.2) is 8.42 Å². The summed E-state index contributed by atoms with van der Waals surface area (Å²) in [6, 6.07) is 4.05. The molecular formula is C18H28N2O3S. The number of nitrogens with zero attached hydrogens (tertiary/aromatic N) is 1. The van der Waals surface area contributed by atoms with Crippen molar-refractivity contribution in [2.24, 2.45) is 11.3 Å². The summed E-state index contributed by atoms with van der Waals surface area (Å²) >= 11 is 0. The topological polar surface area (TPSA) is 68.2 Å². The maximum atomic E-state index is 12.5. The minimum atomic E-state index is -2.87. The van der Waals surface area contributed by atoms with Gasteiger partial charge in [-0.3, -0.25) is 4.79 Å². The van der Waals surface area contributed by atoms with E-state index in [1.165, 1.54) is 19.3 Å². The molecule has 1 atom stereocenters. The first-order valence-electron chi connectivity index (χ1n) is 9.04. The molecule has 2 fully saturated rings. The van der Waals surface area contributed by atoms with Crippen LogP contribution in [0.15, 0.2) is 24.5 Å². The zero-order valence-electron chi connectivity index (χ0n) is 14.2. The zero-order valence-corrected chi connectivity index (χ0v) is 15.1. The van der Waals surface area contributed by atoms with Crippen molar-refractivity contribution in [3.63, 3.8) is 0 Å². The summed E-state index contributed by atoms with van der Waals surface area (Å²) in [4.78, 5) is 12.5. The van der Waals surface area contributed by atoms with Crippen molar-refractivity contribution >= 4 is 15.7 Å². The Morgan fingerprint density at radius 3 is 2.50 bits per heavy atom. The summed E-state index contributed by atoms with van der Waals surface area (Å²) in [6.07, 6.45) is 11.2. The van der Waals surface area contributed by atoms with Crippen LogP contribution in [0, 0.1) is 11.3 Å². The maximum absolute atomic E-state index is 12.5. The highest BCUT2D eigenvalue weighted by atomic mass is 32.2. The van der Waals surface area contributed by atoms with Crippen LogP contribution in [-0.4, -0.2) is 36.9 Å². The van der Waals surface area contributed by atoms with Gasteiger partial charge in [0.1, 0.15) is 0 Å². The van der Waals surface area contributed by atoms with Crippen LogP contribution in [0.5, 0.6) is 0 Å². The van der Waals surface area contributed by atoms with Gasteiger partial charge in [-0.2, -0.15) is 0 Å². The van der Waals surface area contributed by atoms with Gasteiger partial charge in [-0.15, -0.1) is 0 Å². The molecule has 0 bridgehead atoms. The molecular weight excluding hydrogens is 324 g/mol. The molecule has 0 unspecified atom stereocenters. The largest absolute Gasteiger partial charge is 0.356 e. The third kappa shape index (κ3) is 4.62. The lowest BCUT2D eigenvalue weighted by Crippen LogP contribution is -2.38. The summed E-state index contributed by atoms with van der Waals surface area (Å²) < 4.78 is 25.2. The van der Waals surface area contributed by atoms with Gasteiger partial charge >= 0.3 is 0 Å². The highest BCUT2D eigenvalue weighted by Crippen LogP contribution is 2.40. The Balaban J connectivity index is 1.55. The molecule has 1 saturated heterocycles. The van der Waals surface area contributed by atoms with E-state index in [-0.39, 0.29) is 28.7 Å². The third-order valence-corrected chi connectivity index (χ3v) is 7.39. The first-order chi connectivity index (χ1) is 11.5. The minimum Gasteiger partial charge on any atom is -0.356 e. The molecule has 1 saturated carbocycles. The van der Waals surface area contributed by atoms with Gasteiger partial charge in [-0.05, 0) is 42.7 Å². The Bertz CT molecular complexity index is 646. The molecule has 1 aliphatic carbocycles. The van der Waals surface area contributed by atoms with Gasteiger partial charge in [0.05, 0.1) is 11.5 Å². The Morgan fingerprint density at radius 2 is 1.88 bits per heavy atom. The average molecular weight is 353 g/mol. The summed E-state index contributed by atoms with van der Waals surface area (Å²) in [5, 5.41) is 3.00. The fourth-order valence-corrected chi connectivity index (χ4v) is 6.11. The standard InChI is InChI=1S/C18H28N2O3S/c21-17(19-13-16-6-11-24(22,23)14-16)12-18(7-2-1-3-8-18)15-20-9-4-5-10-20/h4-5,9-10,16H,1-3,6-8,11-15H2,(H,19,21)/t16-/m1/s1. The molecule has 1 amide bonds. The van der Waals surface area contributed by atoms with Crippen LogP contribution < -0.4 is 5.32 Å². The Morgan fingerprint density at radius 1 is 1.17 bits per heavy atom. The molecule has 1 N–H and O–H groups in total. The third-order valence-electron chi connectivity index (χ3n) is 5.55.